The van der Waals surface area contributed by atoms with Gasteiger partial charge in [0.1, 0.15) is 5.60 Å². The molecule has 1 atom stereocenters. The van der Waals surface area contributed by atoms with Crippen molar-refractivity contribution in [3.63, 3.8) is 0 Å². The zero-order valence-electron chi connectivity index (χ0n) is 12.2. The average Bonchev–Trinajstić information content (AvgIpc) is 3.25. The Morgan fingerprint density at radius 3 is 2.24 bits per heavy atom. The Hall–Kier alpha value is -2.13. The highest BCUT2D eigenvalue weighted by Crippen LogP contribution is 2.28. The standard InChI is InChI=1S/C18H19NO2/c1-18(14-21-18)13-19(12-15-8-4-2-5-9-15)17(20)16-10-6-3-7-11-16/h2-11H,12-14H2,1H3. The molecule has 0 aliphatic carbocycles. The van der Waals surface area contributed by atoms with Gasteiger partial charge in [-0.05, 0) is 24.6 Å². The molecule has 0 bridgehead atoms. The summed E-state index contributed by atoms with van der Waals surface area (Å²) in [5.41, 5.74) is 1.67. The van der Waals surface area contributed by atoms with Crippen molar-refractivity contribution >= 4 is 5.91 Å². The smallest absolute Gasteiger partial charge is 0.254 e. The molecule has 1 fully saturated rings. The zero-order chi connectivity index (χ0) is 14.7. The third-order valence-corrected chi connectivity index (χ3v) is 3.69. The Balaban J connectivity index is 1.80. The minimum Gasteiger partial charge on any atom is -0.368 e. The summed E-state index contributed by atoms with van der Waals surface area (Å²) in [7, 11) is 0. The largest absolute Gasteiger partial charge is 0.368 e. The van der Waals surface area contributed by atoms with Crippen LogP contribution in [0, 0.1) is 0 Å². The third-order valence-electron chi connectivity index (χ3n) is 3.69. The van der Waals surface area contributed by atoms with Crippen molar-refractivity contribution in [1.29, 1.82) is 0 Å². The molecule has 0 radical (unpaired) electrons. The number of carbonyl (C=O) groups is 1. The quantitative estimate of drug-likeness (QED) is 0.789. The van der Waals surface area contributed by atoms with Crippen LogP contribution in [0.25, 0.3) is 0 Å². The highest BCUT2D eigenvalue weighted by molar-refractivity contribution is 5.94. The van der Waals surface area contributed by atoms with Crippen LogP contribution in [0.5, 0.6) is 0 Å². The molecule has 1 saturated heterocycles. The monoisotopic (exact) mass is 281 g/mol. The van der Waals surface area contributed by atoms with Crippen molar-refractivity contribution in [3.05, 3.63) is 71.8 Å². The van der Waals surface area contributed by atoms with E-state index in [1.54, 1.807) is 0 Å². The van der Waals surface area contributed by atoms with E-state index in [9.17, 15) is 4.79 Å². The maximum absolute atomic E-state index is 12.7. The average molecular weight is 281 g/mol. The molecule has 3 nitrogen and oxygen atoms in total. The molecule has 1 aliphatic rings. The van der Waals surface area contributed by atoms with E-state index in [2.05, 4.69) is 0 Å². The molecule has 108 valence electrons. The Kier molecular flexibility index (Phi) is 3.76. The van der Waals surface area contributed by atoms with Crippen molar-refractivity contribution in [2.75, 3.05) is 13.2 Å². The first kappa shape index (κ1) is 13.8. The van der Waals surface area contributed by atoms with E-state index in [0.717, 1.165) is 17.7 Å². The number of carbonyl (C=O) groups excluding carboxylic acids is 1. The number of nitrogens with zero attached hydrogens (tertiary/aromatic N) is 1. The van der Waals surface area contributed by atoms with Gasteiger partial charge >= 0.3 is 0 Å². The topological polar surface area (TPSA) is 32.8 Å². The highest BCUT2D eigenvalue weighted by atomic mass is 16.6. The van der Waals surface area contributed by atoms with Gasteiger partial charge < -0.3 is 9.64 Å². The first-order valence-electron chi connectivity index (χ1n) is 7.19. The van der Waals surface area contributed by atoms with Crippen molar-refractivity contribution in [2.45, 2.75) is 19.1 Å². The predicted octanol–water partition coefficient (Wildman–Crippen LogP) is 3.12. The minimum atomic E-state index is -0.181. The number of rotatable bonds is 5. The van der Waals surface area contributed by atoms with Crippen LogP contribution in [0.4, 0.5) is 0 Å². The van der Waals surface area contributed by atoms with Gasteiger partial charge in [-0.25, -0.2) is 0 Å². The summed E-state index contributed by atoms with van der Waals surface area (Å²) < 4.78 is 5.46. The SMILES string of the molecule is CC1(CN(Cc2ccccc2)C(=O)c2ccccc2)CO1. The number of amides is 1. The molecule has 3 rings (SSSR count). The fourth-order valence-corrected chi connectivity index (χ4v) is 2.38. The van der Waals surface area contributed by atoms with E-state index in [1.165, 1.54) is 0 Å². The van der Waals surface area contributed by atoms with E-state index >= 15 is 0 Å². The van der Waals surface area contributed by atoms with Crippen LogP contribution in [-0.2, 0) is 11.3 Å². The molecule has 1 aliphatic heterocycles. The molecule has 0 aromatic heterocycles. The summed E-state index contributed by atoms with van der Waals surface area (Å²) in [4.78, 5) is 14.6. The second kappa shape index (κ2) is 5.70. The Bertz CT molecular complexity index is 606. The summed E-state index contributed by atoms with van der Waals surface area (Å²) in [5.74, 6) is 0.0520. The summed E-state index contributed by atoms with van der Waals surface area (Å²) >= 11 is 0. The number of ether oxygens (including phenoxy) is 1. The normalized spacial score (nSPS) is 20.0. The third kappa shape index (κ3) is 3.50. The first-order chi connectivity index (χ1) is 10.2. The molecule has 2 aromatic rings. The Morgan fingerprint density at radius 2 is 1.67 bits per heavy atom. The van der Waals surface area contributed by atoms with Gasteiger partial charge in [0.05, 0.1) is 13.2 Å². The van der Waals surface area contributed by atoms with Gasteiger partial charge in [0.2, 0.25) is 0 Å². The van der Waals surface area contributed by atoms with Crippen molar-refractivity contribution in [2.24, 2.45) is 0 Å². The van der Waals surface area contributed by atoms with E-state index in [0.29, 0.717) is 13.1 Å². The molecule has 0 saturated carbocycles. The van der Waals surface area contributed by atoms with Gasteiger partial charge in [-0.3, -0.25) is 4.79 Å². The fourth-order valence-electron chi connectivity index (χ4n) is 2.38. The molecule has 21 heavy (non-hydrogen) atoms. The number of benzene rings is 2. The van der Waals surface area contributed by atoms with Gasteiger partial charge in [-0.15, -0.1) is 0 Å². The Morgan fingerprint density at radius 1 is 1.10 bits per heavy atom. The van der Waals surface area contributed by atoms with Gasteiger partial charge in [0.25, 0.3) is 5.91 Å². The van der Waals surface area contributed by atoms with Gasteiger partial charge in [0, 0.05) is 12.1 Å². The van der Waals surface area contributed by atoms with Crippen LogP contribution in [0.15, 0.2) is 60.7 Å². The summed E-state index contributed by atoms with van der Waals surface area (Å²) in [6.45, 7) is 3.99. The van der Waals surface area contributed by atoms with E-state index in [4.69, 9.17) is 4.74 Å². The molecule has 1 unspecified atom stereocenters. The van der Waals surface area contributed by atoms with Crippen LogP contribution >= 0.6 is 0 Å². The summed E-state index contributed by atoms with van der Waals surface area (Å²) in [6.07, 6.45) is 0. The van der Waals surface area contributed by atoms with E-state index < -0.39 is 0 Å². The molecule has 1 heterocycles. The fraction of sp³-hybridized carbons (Fsp3) is 0.278. The lowest BCUT2D eigenvalue weighted by Gasteiger charge is -2.25. The molecule has 2 aromatic carbocycles. The molecule has 3 heteroatoms. The second-order valence-electron chi connectivity index (χ2n) is 5.75. The predicted molar refractivity (Wildman–Crippen MR) is 82.0 cm³/mol. The van der Waals surface area contributed by atoms with Crippen LogP contribution in [-0.4, -0.2) is 29.6 Å². The number of hydrogen-bond donors (Lipinski definition) is 0. The molecule has 1 amide bonds. The van der Waals surface area contributed by atoms with Crippen LogP contribution < -0.4 is 0 Å². The lowest BCUT2D eigenvalue weighted by Crippen LogP contribution is -2.37. The first-order valence-corrected chi connectivity index (χ1v) is 7.19. The van der Waals surface area contributed by atoms with Crippen LogP contribution in [0.3, 0.4) is 0 Å². The molecular formula is C18H19NO2. The van der Waals surface area contributed by atoms with E-state index in [1.807, 2.05) is 72.5 Å². The molecule has 0 N–H and O–H groups in total. The van der Waals surface area contributed by atoms with Crippen molar-refractivity contribution in [3.8, 4) is 0 Å². The second-order valence-corrected chi connectivity index (χ2v) is 5.75. The highest BCUT2D eigenvalue weighted by Gasteiger charge is 2.42. The van der Waals surface area contributed by atoms with E-state index in [-0.39, 0.29) is 11.5 Å². The van der Waals surface area contributed by atoms with Crippen LogP contribution in [0.2, 0.25) is 0 Å². The van der Waals surface area contributed by atoms with Crippen molar-refractivity contribution in [1.82, 2.24) is 4.90 Å². The van der Waals surface area contributed by atoms with Crippen LogP contribution in [0.1, 0.15) is 22.8 Å². The Labute approximate surface area is 125 Å². The lowest BCUT2D eigenvalue weighted by molar-refractivity contribution is 0.0698. The molecular weight excluding hydrogens is 262 g/mol. The summed E-state index contributed by atoms with van der Waals surface area (Å²) in [5, 5.41) is 0. The summed E-state index contributed by atoms with van der Waals surface area (Å²) in [6, 6.07) is 19.5. The number of hydrogen-bond acceptors (Lipinski definition) is 2. The van der Waals surface area contributed by atoms with Gasteiger partial charge in [-0.2, -0.15) is 0 Å². The zero-order valence-corrected chi connectivity index (χ0v) is 12.2. The lowest BCUT2D eigenvalue weighted by atomic mass is 10.1. The van der Waals surface area contributed by atoms with Gasteiger partial charge in [-0.1, -0.05) is 48.5 Å². The minimum absolute atomic E-state index is 0.0520. The molecule has 0 spiro atoms. The maximum atomic E-state index is 12.7. The van der Waals surface area contributed by atoms with Gasteiger partial charge in [0.15, 0.2) is 0 Å². The number of epoxide rings is 1. The van der Waals surface area contributed by atoms with Crippen molar-refractivity contribution < 1.29 is 9.53 Å². The maximum Gasteiger partial charge on any atom is 0.254 e.